The van der Waals surface area contributed by atoms with Gasteiger partial charge in [0.25, 0.3) is 10.0 Å². The average molecular weight is 683 g/mol. The van der Waals surface area contributed by atoms with Gasteiger partial charge in [0.15, 0.2) is 0 Å². The summed E-state index contributed by atoms with van der Waals surface area (Å²) < 4.78 is 29.7. The first-order valence-electron chi connectivity index (χ1n) is 13.3. The van der Waals surface area contributed by atoms with E-state index in [4.69, 9.17) is 23.2 Å². The molecule has 0 aromatic heterocycles. The Morgan fingerprint density at radius 2 is 1.59 bits per heavy atom. The van der Waals surface area contributed by atoms with Gasteiger partial charge in [0.2, 0.25) is 11.8 Å². The van der Waals surface area contributed by atoms with Gasteiger partial charge in [-0.25, -0.2) is 8.42 Å². The zero-order valence-corrected chi connectivity index (χ0v) is 27.3. The molecule has 0 aliphatic carbocycles. The number of sulfonamides is 1. The molecule has 0 saturated heterocycles. The first-order chi connectivity index (χ1) is 19.4. The first kappa shape index (κ1) is 32.9. The second-order valence-electron chi connectivity index (χ2n) is 9.80. The van der Waals surface area contributed by atoms with Gasteiger partial charge < -0.3 is 10.2 Å². The average Bonchev–Trinajstić information content (AvgIpc) is 2.93. The van der Waals surface area contributed by atoms with Crippen LogP contribution in [0.2, 0.25) is 10.0 Å². The molecule has 0 radical (unpaired) electrons. The van der Waals surface area contributed by atoms with Gasteiger partial charge in [-0.05, 0) is 80.8 Å². The fraction of sp³-hybridized carbons (Fsp3) is 0.333. The van der Waals surface area contributed by atoms with Crippen molar-refractivity contribution in [3.63, 3.8) is 0 Å². The molecule has 3 rings (SSSR count). The summed E-state index contributed by atoms with van der Waals surface area (Å²) in [7, 11) is -4.15. The van der Waals surface area contributed by atoms with Crippen molar-refractivity contribution in [3.05, 3.63) is 92.4 Å². The van der Waals surface area contributed by atoms with Crippen molar-refractivity contribution in [1.82, 2.24) is 10.2 Å². The number of carbonyl (C=O) groups is 2. The van der Waals surface area contributed by atoms with Gasteiger partial charge in [-0.2, -0.15) is 0 Å². The molecule has 220 valence electrons. The molecule has 0 bridgehead atoms. The second-order valence-corrected chi connectivity index (χ2v) is 13.4. The minimum atomic E-state index is -4.15. The topological polar surface area (TPSA) is 86.8 Å². The van der Waals surface area contributed by atoms with E-state index in [0.29, 0.717) is 34.1 Å². The summed E-state index contributed by atoms with van der Waals surface area (Å²) in [5.74, 6) is -0.877. The Morgan fingerprint density at radius 1 is 0.951 bits per heavy atom. The Hall–Kier alpha value is -2.59. The smallest absolute Gasteiger partial charge is 0.264 e. The van der Waals surface area contributed by atoms with E-state index in [1.165, 1.54) is 17.0 Å². The fourth-order valence-electron chi connectivity index (χ4n) is 4.17. The van der Waals surface area contributed by atoms with E-state index in [-0.39, 0.29) is 23.4 Å². The van der Waals surface area contributed by atoms with Crippen molar-refractivity contribution in [3.8, 4) is 0 Å². The third-order valence-corrected chi connectivity index (χ3v) is 9.65. The highest BCUT2D eigenvalue weighted by atomic mass is 79.9. The minimum absolute atomic E-state index is 0.0139. The summed E-state index contributed by atoms with van der Waals surface area (Å²) in [5, 5.41) is 3.73. The quantitative estimate of drug-likeness (QED) is 0.223. The Balaban J connectivity index is 2.08. The molecular weight excluding hydrogens is 649 g/mol. The van der Waals surface area contributed by atoms with Crippen LogP contribution in [0.15, 0.2) is 76.1 Å². The lowest BCUT2D eigenvalue weighted by atomic mass is 10.1. The maximum atomic E-state index is 14.1. The van der Waals surface area contributed by atoms with Crippen molar-refractivity contribution in [1.29, 1.82) is 0 Å². The van der Waals surface area contributed by atoms with Crippen LogP contribution in [0, 0.1) is 6.92 Å². The molecule has 0 spiro atoms. The van der Waals surface area contributed by atoms with Crippen molar-refractivity contribution >= 4 is 66.7 Å². The molecule has 0 aliphatic heterocycles. The van der Waals surface area contributed by atoms with Crippen LogP contribution in [0.25, 0.3) is 0 Å². The largest absolute Gasteiger partial charge is 0.352 e. The number of benzene rings is 3. The Morgan fingerprint density at radius 3 is 2.15 bits per heavy atom. The molecule has 3 aromatic rings. The summed E-state index contributed by atoms with van der Waals surface area (Å²) in [6.07, 6.45) is 1.02. The van der Waals surface area contributed by atoms with Gasteiger partial charge >= 0.3 is 0 Å². The van der Waals surface area contributed by atoms with Crippen LogP contribution in [-0.2, 0) is 26.2 Å². The molecule has 7 nitrogen and oxygen atoms in total. The zero-order chi connectivity index (χ0) is 30.3. The Labute approximate surface area is 261 Å². The number of aryl methyl sites for hydroxylation is 1. The molecule has 41 heavy (non-hydrogen) atoms. The number of amides is 2. The second kappa shape index (κ2) is 14.5. The van der Waals surface area contributed by atoms with Gasteiger partial charge in [0.1, 0.15) is 12.6 Å². The highest BCUT2D eigenvalue weighted by Gasteiger charge is 2.34. The lowest BCUT2D eigenvalue weighted by Crippen LogP contribution is -2.53. The molecular formula is C30H34BrCl2N3O4S. The minimum Gasteiger partial charge on any atom is -0.352 e. The van der Waals surface area contributed by atoms with Gasteiger partial charge in [0, 0.05) is 27.1 Å². The number of anilines is 1. The molecule has 2 amide bonds. The van der Waals surface area contributed by atoms with Crippen LogP contribution in [0.5, 0.6) is 0 Å². The summed E-state index contributed by atoms with van der Waals surface area (Å²) in [4.78, 5) is 28.9. The lowest BCUT2D eigenvalue weighted by Gasteiger charge is -2.34. The molecule has 0 aliphatic rings. The number of nitrogens with zero attached hydrogens (tertiary/aromatic N) is 2. The van der Waals surface area contributed by atoms with Crippen molar-refractivity contribution in [2.45, 2.75) is 64.1 Å². The number of hydrogen-bond donors (Lipinski definition) is 1. The molecule has 11 heteroatoms. The van der Waals surface area contributed by atoms with Gasteiger partial charge in [-0.15, -0.1) is 0 Å². The standard InChI is InChI=1S/C30H34BrCl2N3O4S/c1-5-21(4)34-30(38)28(6-2)35(18-22-9-12-24(32)17-27(22)33)29(37)19-36(25-13-10-23(31)11-14-25)41(39,40)26-15-7-20(3)8-16-26/h7-17,21,28H,5-6,18-19H2,1-4H3,(H,34,38)/t21-,28-/m1/s1. The highest BCUT2D eigenvalue weighted by molar-refractivity contribution is 9.10. The number of hydrogen-bond acceptors (Lipinski definition) is 4. The van der Waals surface area contributed by atoms with E-state index in [1.54, 1.807) is 61.5 Å². The maximum Gasteiger partial charge on any atom is 0.264 e. The molecule has 1 N–H and O–H groups in total. The summed E-state index contributed by atoms with van der Waals surface area (Å²) in [6, 6.07) is 17.0. The normalized spacial score (nSPS) is 12.9. The van der Waals surface area contributed by atoms with E-state index < -0.39 is 28.5 Å². The molecule has 0 heterocycles. The number of halogens is 3. The van der Waals surface area contributed by atoms with Crippen LogP contribution in [0.3, 0.4) is 0 Å². The van der Waals surface area contributed by atoms with Gasteiger partial charge in [-0.3, -0.25) is 13.9 Å². The van der Waals surface area contributed by atoms with E-state index in [2.05, 4.69) is 21.2 Å². The third-order valence-electron chi connectivity index (χ3n) is 6.75. The van der Waals surface area contributed by atoms with E-state index in [9.17, 15) is 18.0 Å². The van der Waals surface area contributed by atoms with Crippen molar-refractivity contribution < 1.29 is 18.0 Å². The van der Waals surface area contributed by atoms with Crippen LogP contribution >= 0.6 is 39.1 Å². The molecule has 0 fully saturated rings. The van der Waals surface area contributed by atoms with Gasteiger partial charge in [0.05, 0.1) is 10.6 Å². The van der Waals surface area contributed by atoms with Crippen LogP contribution in [0.4, 0.5) is 5.69 Å². The Kier molecular flexibility index (Phi) is 11.7. The van der Waals surface area contributed by atoms with E-state index in [0.717, 1.165) is 14.3 Å². The number of rotatable bonds is 12. The lowest BCUT2D eigenvalue weighted by molar-refractivity contribution is -0.140. The fourth-order valence-corrected chi connectivity index (χ4v) is 6.31. The monoisotopic (exact) mass is 681 g/mol. The molecule has 0 saturated carbocycles. The first-order valence-corrected chi connectivity index (χ1v) is 16.2. The summed E-state index contributed by atoms with van der Waals surface area (Å²) in [5.41, 5.74) is 1.79. The van der Waals surface area contributed by atoms with E-state index >= 15 is 0 Å². The number of carbonyl (C=O) groups excluding carboxylic acids is 2. The highest BCUT2D eigenvalue weighted by Crippen LogP contribution is 2.28. The van der Waals surface area contributed by atoms with Crippen LogP contribution < -0.4 is 9.62 Å². The molecule has 3 aromatic carbocycles. The van der Waals surface area contributed by atoms with Crippen LogP contribution in [0.1, 0.15) is 44.7 Å². The zero-order valence-electron chi connectivity index (χ0n) is 23.4. The van der Waals surface area contributed by atoms with Crippen molar-refractivity contribution in [2.24, 2.45) is 0 Å². The molecule has 0 unspecified atom stereocenters. The third kappa shape index (κ3) is 8.47. The van der Waals surface area contributed by atoms with Gasteiger partial charge in [-0.1, -0.05) is 76.7 Å². The van der Waals surface area contributed by atoms with Crippen molar-refractivity contribution in [2.75, 3.05) is 10.8 Å². The predicted molar refractivity (Wildman–Crippen MR) is 169 cm³/mol. The maximum absolute atomic E-state index is 14.1. The summed E-state index contributed by atoms with van der Waals surface area (Å²) >= 11 is 15.9. The molecule has 2 atom stereocenters. The SMILES string of the molecule is CC[C@@H](C)NC(=O)[C@@H](CC)N(Cc1ccc(Cl)cc1Cl)C(=O)CN(c1ccc(Br)cc1)S(=O)(=O)c1ccc(C)cc1. The Bertz CT molecular complexity index is 1470. The summed E-state index contributed by atoms with van der Waals surface area (Å²) in [6.45, 7) is 6.96. The van der Waals surface area contributed by atoms with E-state index in [1.807, 2.05) is 20.8 Å². The number of nitrogens with one attached hydrogen (secondary N) is 1. The predicted octanol–water partition coefficient (Wildman–Crippen LogP) is 6.98. The van der Waals surface area contributed by atoms with Crippen LogP contribution in [-0.4, -0.2) is 43.8 Å².